The molecule has 0 spiro atoms. The van der Waals surface area contributed by atoms with E-state index < -0.39 is 5.82 Å². The summed E-state index contributed by atoms with van der Waals surface area (Å²) in [6, 6.07) is 4.79. The lowest BCUT2D eigenvalue weighted by Gasteiger charge is -2.13. The number of nitrogens with one attached hydrogen (secondary N) is 1. The maximum Gasteiger partial charge on any atom is 0.183 e. The van der Waals surface area contributed by atoms with Crippen LogP contribution in [0.25, 0.3) is 0 Å². The standard InChI is InChI=1S/C10H11ClFNO/c11-8-2-1-3-9(10(8)12)14-7-4-5-13-6-7/h1-3,7,13H,4-6H2. The quantitative estimate of drug-likeness (QED) is 0.817. The lowest BCUT2D eigenvalue weighted by Crippen LogP contribution is -2.20. The second-order valence-corrected chi connectivity index (χ2v) is 3.69. The molecule has 2 nitrogen and oxygen atoms in total. The number of benzene rings is 1. The van der Waals surface area contributed by atoms with E-state index in [2.05, 4.69) is 5.32 Å². The smallest absolute Gasteiger partial charge is 0.183 e. The number of rotatable bonds is 2. The van der Waals surface area contributed by atoms with E-state index in [1.54, 1.807) is 12.1 Å². The van der Waals surface area contributed by atoms with Crippen LogP contribution in [0.4, 0.5) is 4.39 Å². The third-order valence-corrected chi connectivity index (χ3v) is 2.52. The predicted octanol–water partition coefficient (Wildman–Crippen LogP) is 2.22. The van der Waals surface area contributed by atoms with Gasteiger partial charge in [0.2, 0.25) is 0 Å². The molecule has 0 bridgehead atoms. The molecular weight excluding hydrogens is 205 g/mol. The molecule has 1 aromatic rings. The number of hydrogen-bond acceptors (Lipinski definition) is 2. The Labute approximate surface area is 87.0 Å². The van der Waals surface area contributed by atoms with Crippen molar-refractivity contribution < 1.29 is 9.13 Å². The Hall–Kier alpha value is -0.800. The minimum absolute atomic E-state index is 0.0583. The molecule has 1 fully saturated rings. The van der Waals surface area contributed by atoms with Crippen LogP contribution in [0.3, 0.4) is 0 Å². The van der Waals surface area contributed by atoms with E-state index in [1.807, 2.05) is 0 Å². The molecule has 0 saturated carbocycles. The van der Waals surface area contributed by atoms with Gasteiger partial charge in [0.25, 0.3) is 0 Å². The predicted molar refractivity (Wildman–Crippen MR) is 53.3 cm³/mol. The van der Waals surface area contributed by atoms with Crippen molar-refractivity contribution >= 4 is 11.6 Å². The van der Waals surface area contributed by atoms with Crippen LogP contribution in [0, 0.1) is 5.82 Å². The molecule has 1 N–H and O–H groups in total. The molecule has 1 unspecified atom stereocenters. The van der Waals surface area contributed by atoms with Crippen LogP contribution in [-0.4, -0.2) is 19.2 Å². The van der Waals surface area contributed by atoms with Crippen molar-refractivity contribution in [1.29, 1.82) is 0 Å². The molecule has 4 heteroatoms. The molecule has 0 radical (unpaired) electrons. The van der Waals surface area contributed by atoms with E-state index >= 15 is 0 Å². The highest BCUT2D eigenvalue weighted by atomic mass is 35.5. The van der Waals surface area contributed by atoms with Crippen LogP contribution in [0.2, 0.25) is 5.02 Å². The first-order chi connectivity index (χ1) is 6.77. The van der Waals surface area contributed by atoms with Gasteiger partial charge in [-0.25, -0.2) is 4.39 Å². The topological polar surface area (TPSA) is 21.3 Å². The third-order valence-electron chi connectivity index (χ3n) is 2.22. The van der Waals surface area contributed by atoms with Crippen LogP contribution < -0.4 is 10.1 Å². The summed E-state index contributed by atoms with van der Waals surface area (Å²) in [6.07, 6.45) is 0.967. The Balaban J connectivity index is 2.11. The first kappa shape index (κ1) is 9.74. The van der Waals surface area contributed by atoms with Gasteiger partial charge in [0, 0.05) is 6.54 Å². The van der Waals surface area contributed by atoms with E-state index in [4.69, 9.17) is 16.3 Å². The summed E-state index contributed by atoms with van der Waals surface area (Å²) in [5.41, 5.74) is 0. The summed E-state index contributed by atoms with van der Waals surface area (Å²) in [6.45, 7) is 1.69. The summed E-state index contributed by atoms with van der Waals surface area (Å²) in [4.78, 5) is 0. The summed E-state index contributed by atoms with van der Waals surface area (Å²) in [5, 5.41) is 3.25. The molecule has 1 atom stereocenters. The first-order valence-electron chi connectivity index (χ1n) is 4.59. The molecule has 1 aromatic carbocycles. The lowest BCUT2D eigenvalue weighted by atomic mass is 10.3. The van der Waals surface area contributed by atoms with Crippen molar-refractivity contribution in [1.82, 2.24) is 5.32 Å². The molecule has 76 valence electrons. The average Bonchev–Trinajstić information content (AvgIpc) is 2.66. The van der Waals surface area contributed by atoms with Crippen molar-refractivity contribution in [2.24, 2.45) is 0 Å². The normalized spacial score (nSPS) is 21.1. The minimum Gasteiger partial charge on any atom is -0.486 e. The van der Waals surface area contributed by atoms with E-state index in [0.717, 1.165) is 19.5 Å². The molecule has 2 rings (SSSR count). The summed E-state index contributed by atoms with van der Waals surface area (Å²) in [5.74, 6) is -0.229. The van der Waals surface area contributed by atoms with Crippen molar-refractivity contribution in [2.75, 3.05) is 13.1 Å². The van der Waals surface area contributed by atoms with E-state index in [0.29, 0.717) is 0 Å². The molecule has 0 aromatic heterocycles. The number of halogens is 2. The van der Waals surface area contributed by atoms with Crippen molar-refractivity contribution in [3.05, 3.63) is 29.0 Å². The minimum atomic E-state index is -0.471. The van der Waals surface area contributed by atoms with Crippen molar-refractivity contribution in [3.8, 4) is 5.75 Å². The fourth-order valence-corrected chi connectivity index (χ4v) is 1.65. The Kier molecular flexibility index (Phi) is 2.89. The SMILES string of the molecule is Fc1c(Cl)cccc1OC1CCNC1. The zero-order valence-electron chi connectivity index (χ0n) is 7.59. The molecule has 1 aliphatic rings. The van der Waals surface area contributed by atoms with Gasteiger partial charge in [-0.2, -0.15) is 0 Å². The summed E-state index contributed by atoms with van der Waals surface area (Å²) in [7, 11) is 0. The van der Waals surface area contributed by atoms with Gasteiger partial charge in [0.1, 0.15) is 6.10 Å². The van der Waals surface area contributed by atoms with Gasteiger partial charge in [0.05, 0.1) is 5.02 Å². The molecule has 1 saturated heterocycles. The summed E-state index contributed by atoms with van der Waals surface area (Å²) >= 11 is 5.63. The Bertz CT molecular complexity index is 326. The molecule has 0 amide bonds. The van der Waals surface area contributed by atoms with E-state index in [9.17, 15) is 4.39 Å². The van der Waals surface area contributed by atoms with Gasteiger partial charge in [-0.3, -0.25) is 0 Å². The van der Waals surface area contributed by atoms with Gasteiger partial charge < -0.3 is 10.1 Å². The third kappa shape index (κ3) is 1.99. The first-order valence-corrected chi connectivity index (χ1v) is 4.96. The van der Waals surface area contributed by atoms with Gasteiger partial charge >= 0.3 is 0 Å². The Morgan fingerprint density at radius 3 is 3.07 bits per heavy atom. The van der Waals surface area contributed by atoms with Crippen LogP contribution >= 0.6 is 11.6 Å². The monoisotopic (exact) mass is 215 g/mol. The maximum atomic E-state index is 13.4. The largest absolute Gasteiger partial charge is 0.486 e. The van der Waals surface area contributed by atoms with Crippen molar-refractivity contribution in [3.63, 3.8) is 0 Å². The number of hydrogen-bond donors (Lipinski definition) is 1. The van der Waals surface area contributed by atoms with Crippen LogP contribution in [0.5, 0.6) is 5.75 Å². The summed E-state index contributed by atoms with van der Waals surface area (Å²) < 4.78 is 18.8. The maximum absolute atomic E-state index is 13.4. The Morgan fingerprint density at radius 1 is 1.50 bits per heavy atom. The van der Waals surface area contributed by atoms with Crippen LogP contribution in [-0.2, 0) is 0 Å². The molecule has 1 aliphatic heterocycles. The Morgan fingerprint density at radius 2 is 2.36 bits per heavy atom. The molecule has 0 aliphatic carbocycles. The average molecular weight is 216 g/mol. The molecule has 1 heterocycles. The van der Waals surface area contributed by atoms with Gasteiger partial charge in [-0.1, -0.05) is 17.7 Å². The van der Waals surface area contributed by atoms with Gasteiger partial charge in [0.15, 0.2) is 11.6 Å². The number of ether oxygens (including phenoxy) is 1. The lowest BCUT2D eigenvalue weighted by molar-refractivity contribution is 0.213. The molecular formula is C10H11ClFNO. The highest BCUT2D eigenvalue weighted by Crippen LogP contribution is 2.25. The van der Waals surface area contributed by atoms with Gasteiger partial charge in [-0.15, -0.1) is 0 Å². The fraction of sp³-hybridized carbons (Fsp3) is 0.400. The highest BCUT2D eigenvalue weighted by Gasteiger charge is 2.18. The zero-order chi connectivity index (χ0) is 9.97. The van der Waals surface area contributed by atoms with E-state index in [-0.39, 0.29) is 16.9 Å². The van der Waals surface area contributed by atoms with Gasteiger partial charge in [-0.05, 0) is 25.1 Å². The van der Waals surface area contributed by atoms with Crippen molar-refractivity contribution in [2.45, 2.75) is 12.5 Å². The van der Waals surface area contributed by atoms with Crippen LogP contribution in [0.1, 0.15) is 6.42 Å². The van der Waals surface area contributed by atoms with Crippen LogP contribution in [0.15, 0.2) is 18.2 Å². The molecule has 14 heavy (non-hydrogen) atoms. The zero-order valence-corrected chi connectivity index (χ0v) is 8.35. The fourth-order valence-electron chi connectivity index (χ4n) is 1.48. The second kappa shape index (κ2) is 4.15. The van der Waals surface area contributed by atoms with E-state index in [1.165, 1.54) is 6.07 Å². The second-order valence-electron chi connectivity index (χ2n) is 3.28. The highest BCUT2D eigenvalue weighted by molar-refractivity contribution is 6.30.